The van der Waals surface area contributed by atoms with Gasteiger partial charge >= 0.3 is 0 Å². The maximum Gasteiger partial charge on any atom is 0.162 e. The molecular weight excluding hydrogens is 181 g/mol. The third-order valence-corrected chi connectivity index (χ3v) is 1.80. The number of hydrogen-bond acceptors (Lipinski definition) is 3. The summed E-state index contributed by atoms with van der Waals surface area (Å²) in [6, 6.07) is 6.12. The SMILES string of the molecule is Nc1ccc(-c2ncccn2)c(F)c1. The molecular formula is C10H8FN3. The van der Waals surface area contributed by atoms with Crippen molar-refractivity contribution in [1.29, 1.82) is 0 Å². The van der Waals surface area contributed by atoms with Crippen molar-refractivity contribution < 1.29 is 4.39 Å². The Balaban J connectivity index is 2.53. The monoisotopic (exact) mass is 189 g/mol. The van der Waals surface area contributed by atoms with E-state index >= 15 is 0 Å². The summed E-state index contributed by atoms with van der Waals surface area (Å²) in [5.41, 5.74) is 6.18. The molecule has 2 N–H and O–H groups in total. The average molecular weight is 189 g/mol. The van der Waals surface area contributed by atoms with E-state index in [1.807, 2.05) is 0 Å². The Kier molecular flexibility index (Phi) is 2.10. The van der Waals surface area contributed by atoms with Crippen molar-refractivity contribution in [3.05, 3.63) is 42.5 Å². The molecule has 0 fully saturated rings. The molecule has 0 aliphatic heterocycles. The van der Waals surface area contributed by atoms with Crippen LogP contribution < -0.4 is 5.73 Å². The second-order valence-electron chi connectivity index (χ2n) is 2.81. The zero-order valence-electron chi connectivity index (χ0n) is 7.31. The van der Waals surface area contributed by atoms with Gasteiger partial charge in [-0.2, -0.15) is 0 Å². The summed E-state index contributed by atoms with van der Waals surface area (Å²) in [5.74, 6) is -0.0406. The molecule has 2 aromatic rings. The molecule has 0 atom stereocenters. The molecule has 0 saturated heterocycles. The molecule has 4 heteroatoms. The first kappa shape index (κ1) is 8.62. The van der Waals surface area contributed by atoms with Gasteiger partial charge in [-0.25, -0.2) is 14.4 Å². The largest absolute Gasteiger partial charge is 0.399 e. The van der Waals surface area contributed by atoms with Crippen LogP contribution in [-0.2, 0) is 0 Å². The van der Waals surface area contributed by atoms with Crippen molar-refractivity contribution in [2.24, 2.45) is 0 Å². The Labute approximate surface area is 80.4 Å². The number of halogens is 1. The highest BCUT2D eigenvalue weighted by Gasteiger charge is 2.06. The van der Waals surface area contributed by atoms with Crippen LogP contribution in [0.3, 0.4) is 0 Å². The van der Waals surface area contributed by atoms with Crippen LogP contribution in [0.2, 0.25) is 0 Å². The second-order valence-corrected chi connectivity index (χ2v) is 2.81. The number of nitrogens with zero attached hydrogens (tertiary/aromatic N) is 2. The van der Waals surface area contributed by atoms with E-state index in [1.165, 1.54) is 6.07 Å². The van der Waals surface area contributed by atoms with Crippen molar-refractivity contribution in [2.75, 3.05) is 5.73 Å². The van der Waals surface area contributed by atoms with E-state index in [4.69, 9.17) is 5.73 Å². The van der Waals surface area contributed by atoms with Gasteiger partial charge in [-0.1, -0.05) is 0 Å². The van der Waals surface area contributed by atoms with Crippen LogP contribution in [0.1, 0.15) is 0 Å². The Morgan fingerprint density at radius 1 is 1.14 bits per heavy atom. The highest BCUT2D eigenvalue weighted by atomic mass is 19.1. The number of nitrogen functional groups attached to an aromatic ring is 1. The minimum atomic E-state index is -0.406. The highest BCUT2D eigenvalue weighted by Crippen LogP contribution is 2.20. The summed E-state index contributed by atoms with van der Waals surface area (Å²) >= 11 is 0. The van der Waals surface area contributed by atoms with Gasteiger partial charge in [-0.3, -0.25) is 0 Å². The summed E-state index contributed by atoms with van der Waals surface area (Å²) in [6.07, 6.45) is 3.14. The lowest BCUT2D eigenvalue weighted by atomic mass is 10.2. The Morgan fingerprint density at radius 2 is 1.86 bits per heavy atom. The van der Waals surface area contributed by atoms with E-state index in [2.05, 4.69) is 9.97 Å². The van der Waals surface area contributed by atoms with Gasteiger partial charge in [0.25, 0.3) is 0 Å². The molecule has 0 radical (unpaired) electrons. The molecule has 14 heavy (non-hydrogen) atoms. The first-order valence-electron chi connectivity index (χ1n) is 4.10. The minimum absolute atomic E-state index is 0.361. The molecule has 0 aliphatic carbocycles. The second kappa shape index (κ2) is 3.41. The zero-order chi connectivity index (χ0) is 9.97. The van der Waals surface area contributed by atoms with Crippen LogP contribution in [0.5, 0.6) is 0 Å². The maximum atomic E-state index is 13.4. The van der Waals surface area contributed by atoms with E-state index in [0.29, 0.717) is 17.1 Å². The molecule has 1 aromatic carbocycles. The summed E-state index contributed by atoms with van der Waals surface area (Å²) < 4.78 is 13.4. The van der Waals surface area contributed by atoms with Gasteiger partial charge in [-0.15, -0.1) is 0 Å². The van der Waals surface area contributed by atoms with Crippen molar-refractivity contribution in [2.45, 2.75) is 0 Å². The van der Waals surface area contributed by atoms with Crippen LogP contribution in [0.15, 0.2) is 36.7 Å². The van der Waals surface area contributed by atoms with Gasteiger partial charge in [0, 0.05) is 18.1 Å². The summed E-state index contributed by atoms with van der Waals surface area (Å²) in [4.78, 5) is 7.90. The minimum Gasteiger partial charge on any atom is -0.399 e. The molecule has 0 saturated carbocycles. The number of aromatic nitrogens is 2. The molecule has 0 amide bonds. The average Bonchev–Trinajstić information content (AvgIpc) is 2.19. The zero-order valence-corrected chi connectivity index (χ0v) is 7.31. The van der Waals surface area contributed by atoms with Crippen molar-refractivity contribution in [3.63, 3.8) is 0 Å². The molecule has 1 aromatic heterocycles. The fraction of sp³-hybridized carbons (Fsp3) is 0. The van der Waals surface area contributed by atoms with Crippen LogP contribution in [0.25, 0.3) is 11.4 Å². The molecule has 3 nitrogen and oxygen atoms in total. The smallest absolute Gasteiger partial charge is 0.162 e. The number of benzene rings is 1. The van der Waals surface area contributed by atoms with Gasteiger partial charge < -0.3 is 5.73 Å². The highest BCUT2D eigenvalue weighted by molar-refractivity contribution is 5.59. The van der Waals surface area contributed by atoms with Gasteiger partial charge in [0.05, 0.1) is 5.56 Å². The number of nitrogens with two attached hydrogens (primary N) is 1. The first-order chi connectivity index (χ1) is 6.77. The number of anilines is 1. The topological polar surface area (TPSA) is 51.8 Å². The lowest BCUT2D eigenvalue weighted by molar-refractivity contribution is 0.630. The number of rotatable bonds is 1. The van der Waals surface area contributed by atoms with Gasteiger partial charge in [0.1, 0.15) is 5.82 Å². The van der Waals surface area contributed by atoms with E-state index in [-0.39, 0.29) is 0 Å². The quantitative estimate of drug-likeness (QED) is 0.696. The Hall–Kier alpha value is -1.97. The predicted octanol–water partition coefficient (Wildman–Crippen LogP) is 1.86. The summed E-state index contributed by atoms with van der Waals surface area (Å²) in [7, 11) is 0. The van der Waals surface area contributed by atoms with Crippen LogP contribution in [0, 0.1) is 5.82 Å². The molecule has 0 bridgehead atoms. The molecule has 70 valence electrons. The number of hydrogen-bond donors (Lipinski definition) is 1. The predicted molar refractivity (Wildman–Crippen MR) is 51.8 cm³/mol. The lowest BCUT2D eigenvalue weighted by Crippen LogP contribution is -1.92. The van der Waals surface area contributed by atoms with E-state index in [9.17, 15) is 4.39 Å². The molecule has 0 spiro atoms. The molecule has 1 heterocycles. The maximum absolute atomic E-state index is 13.4. The van der Waals surface area contributed by atoms with Crippen molar-refractivity contribution in [1.82, 2.24) is 9.97 Å². The van der Waals surface area contributed by atoms with Gasteiger partial charge in [0.15, 0.2) is 5.82 Å². The lowest BCUT2D eigenvalue weighted by Gasteiger charge is -2.01. The van der Waals surface area contributed by atoms with Crippen LogP contribution in [0.4, 0.5) is 10.1 Å². The normalized spacial score (nSPS) is 10.1. The molecule has 0 unspecified atom stereocenters. The van der Waals surface area contributed by atoms with E-state index < -0.39 is 5.82 Å². The van der Waals surface area contributed by atoms with Crippen molar-refractivity contribution >= 4 is 5.69 Å². The van der Waals surface area contributed by atoms with Gasteiger partial charge in [0.2, 0.25) is 0 Å². The third kappa shape index (κ3) is 1.54. The fourth-order valence-electron chi connectivity index (χ4n) is 1.15. The third-order valence-electron chi connectivity index (χ3n) is 1.80. The van der Waals surface area contributed by atoms with Gasteiger partial charge in [-0.05, 0) is 24.3 Å². The Morgan fingerprint density at radius 3 is 2.50 bits per heavy atom. The fourth-order valence-corrected chi connectivity index (χ4v) is 1.15. The first-order valence-corrected chi connectivity index (χ1v) is 4.10. The Bertz CT molecular complexity index is 442. The molecule has 0 aliphatic rings. The summed E-state index contributed by atoms with van der Waals surface area (Å²) in [5, 5.41) is 0. The van der Waals surface area contributed by atoms with Crippen molar-refractivity contribution in [3.8, 4) is 11.4 Å². The standard InChI is InChI=1S/C10H8FN3/c11-9-6-7(12)2-3-8(9)10-13-4-1-5-14-10/h1-6H,12H2. The molecule has 2 rings (SSSR count). The summed E-state index contributed by atoms with van der Waals surface area (Å²) in [6.45, 7) is 0. The van der Waals surface area contributed by atoms with Crippen LogP contribution >= 0.6 is 0 Å². The van der Waals surface area contributed by atoms with Crippen LogP contribution in [-0.4, -0.2) is 9.97 Å². The van der Waals surface area contributed by atoms with E-state index in [1.54, 1.807) is 30.6 Å². The van der Waals surface area contributed by atoms with E-state index in [0.717, 1.165) is 0 Å².